The minimum atomic E-state index is -0.398. The third-order valence-electron chi connectivity index (χ3n) is 26.8. The lowest BCUT2D eigenvalue weighted by atomic mass is 9.33. The zero-order valence-electron chi connectivity index (χ0n) is 75.7. The summed E-state index contributed by atoms with van der Waals surface area (Å²) in [6, 6.07) is 159. The fraction of sp³-hybridized carbons (Fsp3) is 0.129. The largest absolute Gasteiger partial charge is 0.310 e. The Bertz CT molecular complexity index is 7190. The second kappa shape index (κ2) is 32.3. The van der Waals surface area contributed by atoms with Gasteiger partial charge in [-0.15, -0.1) is 0 Å². The van der Waals surface area contributed by atoms with Gasteiger partial charge in [-0.25, -0.2) is 0 Å². The molecule has 21 rings (SSSR count). The van der Waals surface area contributed by atoms with Crippen LogP contribution < -0.4 is 31.1 Å². The molecule has 0 atom stereocenters. The van der Waals surface area contributed by atoms with Crippen molar-refractivity contribution in [3.63, 3.8) is 0 Å². The Morgan fingerprint density at radius 3 is 0.868 bits per heavy atom. The van der Waals surface area contributed by atoms with Crippen LogP contribution in [-0.2, 0) is 21.7 Å². The number of benzene rings is 18. The van der Waals surface area contributed by atoms with Crippen molar-refractivity contribution in [2.45, 2.75) is 105 Å². The Morgan fingerprint density at radius 1 is 0.202 bits per heavy atom. The molecule has 0 fully saturated rings. The smallest absolute Gasteiger partial charge is 0.252 e. The van der Waals surface area contributed by atoms with E-state index in [2.05, 4.69) is 521 Å². The first-order chi connectivity index (χ1) is 62.5. The van der Waals surface area contributed by atoms with E-state index >= 15 is 0 Å². The lowest BCUT2D eigenvalue weighted by Gasteiger charge is -2.46. The first kappa shape index (κ1) is 81.3. The first-order valence-electron chi connectivity index (χ1n) is 45.6. The van der Waals surface area contributed by atoms with Crippen LogP contribution in [0.15, 0.2) is 419 Å². The average molecular weight is 1660 g/mol. The predicted molar refractivity (Wildman–Crippen MR) is 553 cm³/mol. The second-order valence-corrected chi connectivity index (χ2v) is 39.2. The lowest BCUT2D eigenvalue weighted by molar-refractivity contribution is 0.590. The molecule has 129 heavy (non-hydrogen) atoms. The highest BCUT2D eigenvalue weighted by Crippen LogP contribution is 2.57. The Morgan fingerprint density at radius 2 is 0.504 bits per heavy atom. The number of anilines is 9. The van der Waals surface area contributed by atoms with E-state index in [1.807, 2.05) is 0 Å². The third-order valence-corrected chi connectivity index (χ3v) is 26.8. The molecule has 2 aliphatic heterocycles. The highest BCUT2D eigenvalue weighted by molar-refractivity contribution is 7.00. The van der Waals surface area contributed by atoms with Crippen molar-refractivity contribution >= 4 is 96.1 Å². The summed E-state index contributed by atoms with van der Waals surface area (Å²) in [6.07, 6.45) is 0. The Hall–Kier alpha value is -14.8. The fourth-order valence-electron chi connectivity index (χ4n) is 20.0. The minimum absolute atomic E-state index is 0.0396. The molecule has 0 radical (unpaired) electrons. The van der Waals surface area contributed by atoms with Crippen molar-refractivity contribution in [3.05, 3.63) is 441 Å². The number of nitrogens with zero attached hydrogens (tertiary/aromatic N) is 4. The van der Waals surface area contributed by atoms with E-state index in [0.29, 0.717) is 0 Å². The van der Waals surface area contributed by atoms with Gasteiger partial charge in [0.15, 0.2) is 0 Å². The molecule has 3 heterocycles. The zero-order valence-corrected chi connectivity index (χ0v) is 75.7. The molecular formula is C124H105BN4. The van der Waals surface area contributed by atoms with Gasteiger partial charge in [-0.3, -0.25) is 0 Å². The summed E-state index contributed by atoms with van der Waals surface area (Å²) in [5.41, 5.74) is 41.6. The molecule has 2 aliphatic rings. The Kier molecular flexibility index (Phi) is 20.3. The first-order valence-corrected chi connectivity index (χ1v) is 45.6. The lowest BCUT2D eigenvalue weighted by Crippen LogP contribution is -2.61. The van der Waals surface area contributed by atoms with Gasteiger partial charge in [0.1, 0.15) is 0 Å². The van der Waals surface area contributed by atoms with E-state index in [9.17, 15) is 0 Å². The molecule has 0 unspecified atom stereocenters. The van der Waals surface area contributed by atoms with Gasteiger partial charge in [-0.2, -0.15) is 0 Å². The SMILES string of the molecule is CC(C)(C)c1ccc(N(c2ccc(C(C)(C)C)cc2)c2cccc(-c3cc4c(cc3-c3ccccc3)B3c5cc(-c6ccccc6)c(-n6c7ccc(C(C)(C)C)cc7c7cc(C(C)(C)C)ccc76)cc5N(c5c(-c6ccccc6)cc(-c6ccccc6)cc5-c5ccccc5)c5cccc(c53)N4c3c(-c4ccccc4)cc(-c4ccccc4)cc3-c3ccccc3)c2)cc1. The van der Waals surface area contributed by atoms with Crippen LogP contribution in [0.2, 0.25) is 0 Å². The fourth-order valence-corrected chi connectivity index (χ4v) is 20.0. The van der Waals surface area contributed by atoms with Crippen molar-refractivity contribution < 1.29 is 0 Å². The maximum absolute atomic E-state index is 2.72. The van der Waals surface area contributed by atoms with E-state index in [0.717, 1.165) is 168 Å². The Labute approximate surface area is 761 Å². The number of fused-ring (bicyclic) bond motifs is 7. The molecule has 0 spiro atoms. The third kappa shape index (κ3) is 14.8. The zero-order chi connectivity index (χ0) is 88.2. The van der Waals surface area contributed by atoms with Crippen LogP contribution >= 0.6 is 0 Å². The van der Waals surface area contributed by atoms with Gasteiger partial charge in [-0.1, -0.05) is 392 Å². The summed E-state index contributed by atoms with van der Waals surface area (Å²) in [7, 11) is 0. The summed E-state index contributed by atoms with van der Waals surface area (Å²) >= 11 is 0. The quantitative estimate of drug-likeness (QED) is 0.0951. The molecule has 19 aromatic rings. The summed E-state index contributed by atoms with van der Waals surface area (Å²) in [4.78, 5) is 7.89. The average Bonchev–Trinajstić information content (AvgIpc) is 0.777. The summed E-state index contributed by atoms with van der Waals surface area (Å²) in [6.45, 7) is 27.4. The van der Waals surface area contributed by atoms with E-state index in [1.54, 1.807) is 0 Å². The van der Waals surface area contributed by atoms with Crippen LogP contribution in [0.5, 0.6) is 0 Å². The molecule has 0 N–H and O–H groups in total. The molecule has 5 heteroatoms. The summed E-state index contributed by atoms with van der Waals surface area (Å²) in [5.74, 6) is 0. The molecule has 624 valence electrons. The van der Waals surface area contributed by atoms with Crippen LogP contribution in [0.3, 0.4) is 0 Å². The van der Waals surface area contributed by atoms with Crippen molar-refractivity contribution in [2.75, 3.05) is 14.7 Å². The molecule has 0 bridgehead atoms. The standard InChI is InChI=1S/C124H105BN4/c1-121(2,3)93-59-65-97(66-60-93)126(98-67-61-94(62-68-98)122(4,5)6)99-56-37-55-90(71-99)101-80-116-109(78-100(101)84-43-25-15-26-44-84)125-110-79-102(85-45-27-16-28-46-85)115(127-111-69-63-95(123(7,8)9)76-107(111)108-77-96(124(10,11)12)64-70-112(108)127)81-117(110)129(120-105(88-51-33-19-34-52-88)74-92(83-41-23-14-24-42-83)75-106(120)89-53-35-20-36-54-89)114-58-38-57-113(118(114)125)128(116)119-103(86-47-29-17-30-48-86)72-91(82-39-21-13-22-40-82)73-104(119)87-49-31-18-32-50-87/h13-81H,1-12H3. The number of hydrogen-bond acceptors (Lipinski definition) is 3. The van der Waals surface area contributed by atoms with Crippen LogP contribution in [0.4, 0.5) is 51.2 Å². The molecular weight excluding hydrogens is 1560 g/mol. The molecule has 0 saturated carbocycles. The second-order valence-electron chi connectivity index (χ2n) is 39.2. The van der Waals surface area contributed by atoms with Gasteiger partial charge < -0.3 is 19.3 Å². The van der Waals surface area contributed by atoms with Crippen LogP contribution in [-0.4, -0.2) is 11.3 Å². The van der Waals surface area contributed by atoms with E-state index in [1.165, 1.54) is 49.4 Å². The van der Waals surface area contributed by atoms with Crippen LogP contribution in [0.1, 0.15) is 105 Å². The highest BCUT2D eigenvalue weighted by atomic mass is 15.2. The molecule has 0 amide bonds. The molecule has 0 saturated heterocycles. The van der Waals surface area contributed by atoms with Gasteiger partial charge in [-0.05, 0) is 242 Å². The topological polar surface area (TPSA) is 14.7 Å². The molecule has 0 aliphatic carbocycles. The normalized spacial score (nSPS) is 12.6. The van der Waals surface area contributed by atoms with E-state index in [-0.39, 0.29) is 21.7 Å². The van der Waals surface area contributed by atoms with Crippen molar-refractivity contribution in [3.8, 4) is 106 Å². The van der Waals surface area contributed by atoms with Crippen molar-refractivity contribution in [2.24, 2.45) is 0 Å². The van der Waals surface area contributed by atoms with E-state index in [4.69, 9.17) is 0 Å². The number of aromatic nitrogens is 1. The number of rotatable bonds is 15. The van der Waals surface area contributed by atoms with Crippen molar-refractivity contribution in [1.82, 2.24) is 4.57 Å². The predicted octanol–water partition coefficient (Wildman–Crippen LogP) is 32.5. The van der Waals surface area contributed by atoms with Gasteiger partial charge in [0.2, 0.25) is 0 Å². The van der Waals surface area contributed by atoms with Gasteiger partial charge >= 0.3 is 0 Å². The summed E-state index contributed by atoms with van der Waals surface area (Å²) in [5, 5.41) is 2.47. The van der Waals surface area contributed by atoms with Gasteiger partial charge in [0.05, 0.1) is 28.1 Å². The van der Waals surface area contributed by atoms with E-state index < -0.39 is 6.71 Å². The highest BCUT2D eigenvalue weighted by Gasteiger charge is 2.47. The number of hydrogen-bond donors (Lipinski definition) is 0. The monoisotopic (exact) mass is 1660 g/mol. The molecule has 18 aromatic carbocycles. The van der Waals surface area contributed by atoms with Crippen LogP contribution in [0, 0.1) is 0 Å². The summed E-state index contributed by atoms with van der Waals surface area (Å²) < 4.78 is 2.62. The maximum atomic E-state index is 2.72. The Balaban J connectivity index is 0.936. The molecule has 1 aromatic heterocycles. The van der Waals surface area contributed by atoms with Gasteiger partial charge in [0, 0.05) is 78.4 Å². The van der Waals surface area contributed by atoms with Crippen molar-refractivity contribution in [1.29, 1.82) is 0 Å². The van der Waals surface area contributed by atoms with Crippen LogP contribution in [0.25, 0.3) is 128 Å². The molecule has 4 nitrogen and oxygen atoms in total. The van der Waals surface area contributed by atoms with Gasteiger partial charge in [0.25, 0.3) is 6.71 Å². The maximum Gasteiger partial charge on any atom is 0.252 e. The minimum Gasteiger partial charge on any atom is -0.310 e.